The smallest absolute Gasteiger partial charge is 0.294 e. The molecule has 7 unspecified atom stereocenters. The third-order valence-electron chi connectivity index (χ3n) is 10.0. The van der Waals surface area contributed by atoms with Crippen LogP contribution >= 0.6 is 0 Å². The average molecular weight is 452 g/mol. The van der Waals surface area contributed by atoms with Crippen molar-refractivity contribution >= 4 is 17.1 Å². The maximum absolute atomic E-state index is 11.3. The molecule has 33 heavy (non-hydrogen) atoms. The minimum atomic E-state index is -0.364. The third-order valence-corrected chi connectivity index (χ3v) is 10.0. The number of para-hydroxylation sites is 2. The molecule has 7 atom stereocenters. The number of hydrogen-bond acceptors (Lipinski definition) is 5. The van der Waals surface area contributed by atoms with E-state index in [2.05, 4.69) is 37.4 Å². The Morgan fingerprint density at radius 3 is 2.73 bits per heavy atom. The van der Waals surface area contributed by atoms with Gasteiger partial charge >= 0.3 is 0 Å². The van der Waals surface area contributed by atoms with Crippen LogP contribution < -0.4 is 5.43 Å². The van der Waals surface area contributed by atoms with Gasteiger partial charge in [0.2, 0.25) is 0 Å². The van der Waals surface area contributed by atoms with E-state index in [1.54, 1.807) is 18.2 Å². The fourth-order valence-electron chi connectivity index (χ4n) is 8.28. The summed E-state index contributed by atoms with van der Waals surface area (Å²) in [6.45, 7) is 7.04. The van der Waals surface area contributed by atoms with E-state index in [9.17, 15) is 15.2 Å². The van der Waals surface area contributed by atoms with Gasteiger partial charge in [0.1, 0.15) is 5.69 Å². The van der Waals surface area contributed by atoms with Crippen molar-refractivity contribution in [2.45, 2.75) is 78.2 Å². The van der Waals surface area contributed by atoms with Crippen LogP contribution in [0.4, 0.5) is 11.4 Å². The van der Waals surface area contributed by atoms with Crippen LogP contribution in [0.3, 0.4) is 0 Å². The number of hydrazone groups is 1. The zero-order valence-corrected chi connectivity index (χ0v) is 20.1. The molecule has 3 saturated carbocycles. The molecule has 0 aliphatic heterocycles. The Balaban J connectivity index is 1.36. The van der Waals surface area contributed by atoms with Crippen molar-refractivity contribution in [3.05, 3.63) is 46.0 Å². The number of benzene rings is 1. The van der Waals surface area contributed by atoms with E-state index in [0.717, 1.165) is 43.7 Å². The number of hydrogen-bond donors (Lipinski definition) is 2. The summed E-state index contributed by atoms with van der Waals surface area (Å²) in [5.74, 6) is 2.54. The molecule has 5 rings (SSSR count). The predicted molar refractivity (Wildman–Crippen MR) is 131 cm³/mol. The van der Waals surface area contributed by atoms with Crippen molar-refractivity contribution in [1.82, 2.24) is 0 Å². The van der Waals surface area contributed by atoms with Crippen LogP contribution in [0, 0.1) is 44.6 Å². The molecular weight excluding hydrogens is 414 g/mol. The highest BCUT2D eigenvalue weighted by Crippen LogP contribution is 2.66. The van der Waals surface area contributed by atoms with E-state index in [0.29, 0.717) is 23.4 Å². The highest BCUT2D eigenvalue weighted by molar-refractivity contribution is 5.86. The number of anilines is 1. The first-order valence-electron chi connectivity index (χ1n) is 12.6. The van der Waals surface area contributed by atoms with Crippen molar-refractivity contribution in [1.29, 1.82) is 0 Å². The zero-order chi connectivity index (χ0) is 23.4. The Morgan fingerprint density at radius 2 is 1.94 bits per heavy atom. The second kappa shape index (κ2) is 8.23. The number of nitro benzene ring substituents is 1. The van der Waals surface area contributed by atoms with E-state index in [1.165, 1.54) is 30.9 Å². The van der Waals surface area contributed by atoms with E-state index in [1.807, 2.05) is 0 Å². The van der Waals surface area contributed by atoms with Gasteiger partial charge in [-0.05, 0) is 92.9 Å². The number of fused-ring (bicyclic) bond motifs is 5. The van der Waals surface area contributed by atoms with Crippen molar-refractivity contribution in [2.24, 2.45) is 39.6 Å². The number of aliphatic hydroxyl groups excluding tert-OH is 1. The van der Waals surface area contributed by atoms with Crippen molar-refractivity contribution in [3.8, 4) is 0 Å². The van der Waals surface area contributed by atoms with E-state index >= 15 is 0 Å². The van der Waals surface area contributed by atoms with Gasteiger partial charge in [-0.15, -0.1) is 0 Å². The van der Waals surface area contributed by atoms with E-state index in [4.69, 9.17) is 0 Å². The lowest BCUT2D eigenvalue weighted by molar-refractivity contribution is -0.384. The molecule has 3 fully saturated rings. The fraction of sp³-hybridized carbons (Fsp3) is 0.667. The summed E-state index contributed by atoms with van der Waals surface area (Å²) in [5.41, 5.74) is 6.58. The summed E-state index contributed by atoms with van der Waals surface area (Å²) in [7, 11) is 0. The van der Waals surface area contributed by atoms with Gasteiger partial charge in [0.25, 0.3) is 5.69 Å². The summed E-state index contributed by atoms with van der Waals surface area (Å²) in [6.07, 6.45) is 11.3. The van der Waals surface area contributed by atoms with Crippen LogP contribution in [-0.2, 0) is 0 Å². The summed E-state index contributed by atoms with van der Waals surface area (Å²) in [6, 6.07) is 6.70. The lowest BCUT2D eigenvalue weighted by Crippen LogP contribution is -2.50. The van der Waals surface area contributed by atoms with Gasteiger partial charge in [0, 0.05) is 17.7 Å². The highest BCUT2D eigenvalue weighted by atomic mass is 16.6. The molecule has 178 valence electrons. The number of allylic oxidation sites excluding steroid dienone is 1. The summed E-state index contributed by atoms with van der Waals surface area (Å²) >= 11 is 0. The van der Waals surface area contributed by atoms with Gasteiger partial charge in [-0.3, -0.25) is 15.5 Å². The topological polar surface area (TPSA) is 87.8 Å². The number of nitrogens with one attached hydrogen (secondary N) is 1. The Morgan fingerprint density at radius 1 is 1.15 bits per heavy atom. The molecule has 0 radical (unpaired) electrons. The predicted octanol–water partition coefficient (Wildman–Crippen LogP) is 6.32. The van der Waals surface area contributed by atoms with Gasteiger partial charge in [-0.1, -0.05) is 37.6 Å². The van der Waals surface area contributed by atoms with Crippen LogP contribution in [0.2, 0.25) is 0 Å². The van der Waals surface area contributed by atoms with Crippen molar-refractivity contribution < 1.29 is 10.0 Å². The maximum Gasteiger partial charge on any atom is 0.294 e. The molecule has 6 nitrogen and oxygen atoms in total. The van der Waals surface area contributed by atoms with E-state index < -0.39 is 0 Å². The Kier molecular flexibility index (Phi) is 5.63. The van der Waals surface area contributed by atoms with Gasteiger partial charge in [0.05, 0.1) is 11.0 Å². The third kappa shape index (κ3) is 3.61. The first-order chi connectivity index (χ1) is 15.7. The van der Waals surface area contributed by atoms with Gasteiger partial charge in [0.15, 0.2) is 0 Å². The standard InChI is InChI=1S/C27H37N3O3/c1-17(28-29-24-6-4-5-7-25(24)30(32)33)21-10-11-22-20-9-8-18-16-19(31)12-14-26(18,2)23(20)13-15-27(21,22)3/h4-8,19-23,29,31H,9-16H2,1-3H3. The molecule has 0 heterocycles. The fourth-order valence-corrected chi connectivity index (χ4v) is 8.28. The molecule has 1 aromatic carbocycles. The second-order valence-corrected chi connectivity index (χ2v) is 11.5. The highest BCUT2D eigenvalue weighted by Gasteiger charge is 2.59. The van der Waals surface area contributed by atoms with Gasteiger partial charge in [-0.2, -0.15) is 5.10 Å². The number of nitro groups is 1. The zero-order valence-electron chi connectivity index (χ0n) is 20.1. The van der Waals surface area contributed by atoms with Crippen LogP contribution in [-0.4, -0.2) is 21.8 Å². The lowest BCUT2D eigenvalue weighted by Gasteiger charge is -2.58. The van der Waals surface area contributed by atoms with Crippen LogP contribution in [0.1, 0.15) is 72.1 Å². The lowest BCUT2D eigenvalue weighted by atomic mass is 9.47. The van der Waals surface area contributed by atoms with Crippen molar-refractivity contribution in [3.63, 3.8) is 0 Å². The molecule has 4 aliphatic rings. The first-order valence-corrected chi connectivity index (χ1v) is 12.6. The number of nitrogens with zero attached hydrogens (tertiary/aromatic N) is 2. The monoisotopic (exact) mass is 451 g/mol. The molecule has 2 N–H and O–H groups in total. The first kappa shape index (κ1) is 22.6. The molecule has 0 aromatic heterocycles. The van der Waals surface area contributed by atoms with Gasteiger partial charge in [-0.25, -0.2) is 0 Å². The van der Waals surface area contributed by atoms with Crippen molar-refractivity contribution in [2.75, 3.05) is 5.43 Å². The van der Waals surface area contributed by atoms with Crippen LogP contribution in [0.15, 0.2) is 41.0 Å². The molecule has 0 bridgehead atoms. The molecule has 1 aromatic rings. The minimum Gasteiger partial charge on any atom is -0.393 e. The summed E-state index contributed by atoms with van der Waals surface area (Å²) < 4.78 is 0. The number of rotatable bonds is 4. The van der Waals surface area contributed by atoms with Gasteiger partial charge < -0.3 is 5.11 Å². The Hall–Kier alpha value is -2.21. The van der Waals surface area contributed by atoms with Crippen LogP contribution in [0.25, 0.3) is 0 Å². The summed E-state index contributed by atoms with van der Waals surface area (Å²) in [5, 5.41) is 26.2. The number of aliphatic hydroxyl groups is 1. The molecule has 0 saturated heterocycles. The average Bonchev–Trinajstić information content (AvgIpc) is 3.15. The maximum atomic E-state index is 11.3. The SMILES string of the molecule is CC(=NNc1ccccc1[N+](=O)[O-])C1CCC2C3CC=C4CC(O)CCC4(C)C3CCC12C. The second-order valence-electron chi connectivity index (χ2n) is 11.5. The largest absolute Gasteiger partial charge is 0.393 e. The molecule has 4 aliphatic carbocycles. The Labute approximate surface area is 196 Å². The molecule has 6 heteroatoms. The Bertz CT molecular complexity index is 1000. The van der Waals surface area contributed by atoms with E-state index in [-0.39, 0.29) is 27.5 Å². The summed E-state index contributed by atoms with van der Waals surface area (Å²) in [4.78, 5) is 11.0. The molecular formula is C27H37N3O3. The normalized spacial score (nSPS) is 40.3. The molecule has 0 amide bonds. The minimum absolute atomic E-state index is 0.0562. The quantitative estimate of drug-likeness (QED) is 0.243. The molecule has 0 spiro atoms. The van der Waals surface area contributed by atoms with Crippen LogP contribution in [0.5, 0.6) is 0 Å².